The first kappa shape index (κ1) is 7.86. The summed E-state index contributed by atoms with van der Waals surface area (Å²) in [6.45, 7) is 4.81. The van der Waals surface area contributed by atoms with Crippen LogP contribution in [0.2, 0.25) is 0 Å². The van der Waals surface area contributed by atoms with Gasteiger partial charge in [0.05, 0.1) is 0 Å². The van der Waals surface area contributed by atoms with Gasteiger partial charge in [0, 0.05) is 13.6 Å². The molecule has 0 bridgehead atoms. The lowest BCUT2D eigenvalue weighted by molar-refractivity contribution is 0.502. The summed E-state index contributed by atoms with van der Waals surface area (Å²) in [6, 6.07) is 0. The highest BCUT2D eigenvalue weighted by atomic mass is 15.1. The van der Waals surface area contributed by atoms with Crippen molar-refractivity contribution < 1.29 is 0 Å². The van der Waals surface area contributed by atoms with Gasteiger partial charge in [0.2, 0.25) is 0 Å². The monoisotopic (exact) mass is 147 g/mol. The van der Waals surface area contributed by atoms with E-state index in [0.717, 1.165) is 12.1 Å². The highest BCUT2D eigenvalue weighted by Crippen LogP contribution is 1.99. The smallest absolute Gasteiger partial charge is 0.0414 e. The van der Waals surface area contributed by atoms with E-state index in [-0.39, 0.29) is 0 Å². The lowest BCUT2D eigenvalue weighted by Gasteiger charge is -2.12. The molecule has 11 heavy (non-hydrogen) atoms. The molecular formula is C10H13N. The third-order valence-corrected chi connectivity index (χ3v) is 1.46. The van der Waals surface area contributed by atoms with Crippen molar-refractivity contribution in [1.29, 1.82) is 0 Å². The van der Waals surface area contributed by atoms with Crippen molar-refractivity contribution in [2.24, 2.45) is 0 Å². The molecule has 0 aromatic heterocycles. The summed E-state index contributed by atoms with van der Waals surface area (Å²) in [5, 5.41) is 0. The van der Waals surface area contributed by atoms with Crippen molar-refractivity contribution in [3.63, 3.8) is 0 Å². The third-order valence-electron chi connectivity index (χ3n) is 1.46. The minimum atomic E-state index is 0.898. The Kier molecular flexibility index (Phi) is 2.73. The van der Waals surface area contributed by atoms with Crippen molar-refractivity contribution in [3.05, 3.63) is 48.7 Å². The number of allylic oxidation sites excluding steroid dienone is 4. The predicted molar refractivity (Wildman–Crippen MR) is 49.2 cm³/mol. The molecule has 0 atom stereocenters. The van der Waals surface area contributed by atoms with Crippen LogP contribution in [-0.2, 0) is 0 Å². The minimum absolute atomic E-state index is 0.898. The zero-order valence-corrected chi connectivity index (χ0v) is 6.83. The summed E-state index contributed by atoms with van der Waals surface area (Å²) in [5.41, 5.74) is 1.13. The first-order valence-electron chi connectivity index (χ1n) is 3.68. The van der Waals surface area contributed by atoms with Crippen LogP contribution in [0.25, 0.3) is 0 Å². The number of hydrogen-bond donors (Lipinski definition) is 0. The second-order valence-electron chi connectivity index (χ2n) is 2.66. The quantitative estimate of drug-likeness (QED) is 0.507. The van der Waals surface area contributed by atoms with Gasteiger partial charge in [-0.15, -0.1) is 0 Å². The van der Waals surface area contributed by atoms with Crippen LogP contribution in [-0.4, -0.2) is 18.5 Å². The van der Waals surface area contributed by atoms with Crippen LogP contribution < -0.4 is 0 Å². The predicted octanol–water partition coefficient (Wildman–Crippen LogP) is 2.11. The van der Waals surface area contributed by atoms with Crippen molar-refractivity contribution in [2.75, 3.05) is 13.6 Å². The molecule has 1 heterocycles. The Balaban J connectivity index is 2.71. The van der Waals surface area contributed by atoms with Gasteiger partial charge in [-0.3, -0.25) is 0 Å². The van der Waals surface area contributed by atoms with E-state index in [4.69, 9.17) is 0 Å². The van der Waals surface area contributed by atoms with Crippen molar-refractivity contribution in [1.82, 2.24) is 4.90 Å². The molecule has 0 aliphatic carbocycles. The lowest BCUT2D eigenvalue weighted by Crippen LogP contribution is -2.12. The SMILES string of the molecule is C=C1\C=C/C=C\C=C\N(C)C1. The topological polar surface area (TPSA) is 3.24 Å². The number of hydrogen-bond acceptors (Lipinski definition) is 1. The normalized spacial score (nSPS) is 26.6. The summed E-state index contributed by atoms with van der Waals surface area (Å²) < 4.78 is 0. The maximum Gasteiger partial charge on any atom is 0.0414 e. The van der Waals surface area contributed by atoms with Gasteiger partial charge in [0.15, 0.2) is 0 Å². The molecule has 58 valence electrons. The van der Waals surface area contributed by atoms with Crippen molar-refractivity contribution in [2.45, 2.75) is 0 Å². The van der Waals surface area contributed by atoms with Gasteiger partial charge in [-0.05, 0) is 17.8 Å². The molecule has 0 aromatic carbocycles. The highest BCUT2D eigenvalue weighted by molar-refractivity contribution is 5.23. The van der Waals surface area contributed by atoms with E-state index in [0.29, 0.717) is 0 Å². The molecule has 1 heteroatoms. The number of likely N-dealkylation sites (N-methyl/N-ethyl adjacent to an activating group) is 1. The zero-order chi connectivity index (χ0) is 8.10. The Morgan fingerprint density at radius 2 is 2.00 bits per heavy atom. The minimum Gasteiger partial charge on any atom is -0.376 e. The van der Waals surface area contributed by atoms with Gasteiger partial charge in [-0.1, -0.05) is 30.9 Å². The van der Waals surface area contributed by atoms with Gasteiger partial charge in [0.1, 0.15) is 0 Å². The standard InChI is InChI=1S/C10H13N/c1-10-7-5-3-4-6-8-11(2)9-10/h3-8H,1,9H2,2H3/b4-3-,7-5-,8-6+. The Bertz CT molecular complexity index is 221. The first-order chi connectivity index (χ1) is 5.29. The highest BCUT2D eigenvalue weighted by Gasteiger charge is 1.92. The maximum absolute atomic E-state index is 3.91. The maximum atomic E-state index is 3.91. The fraction of sp³-hybridized carbons (Fsp3) is 0.200. The van der Waals surface area contributed by atoms with E-state index in [1.54, 1.807) is 0 Å². The summed E-state index contributed by atoms with van der Waals surface area (Å²) in [7, 11) is 2.04. The zero-order valence-electron chi connectivity index (χ0n) is 6.83. The first-order valence-corrected chi connectivity index (χ1v) is 3.68. The molecule has 1 rings (SSSR count). The van der Waals surface area contributed by atoms with Gasteiger partial charge >= 0.3 is 0 Å². The van der Waals surface area contributed by atoms with Crippen LogP contribution in [0.1, 0.15) is 0 Å². The summed E-state index contributed by atoms with van der Waals surface area (Å²) >= 11 is 0. The molecule has 0 saturated heterocycles. The van der Waals surface area contributed by atoms with Gasteiger partial charge in [0.25, 0.3) is 0 Å². The second-order valence-corrected chi connectivity index (χ2v) is 2.66. The molecule has 0 N–H and O–H groups in total. The molecule has 0 saturated carbocycles. The van der Waals surface area contributed by atoms with E-state index in [2.05, 4.69) is 11.5 Å². The fourth-order valence-corrected chi connectivity index (χ4v) is 0.942. The van der Waals surface area contributed by atoms with E-state index in [1.165, 1.54) is 0 Å². The average molecular weight is 147 g/mol. The van der Waals surface area contributed by atoms with E-state index in [9.17, 15) is 0 Å². The van der Waals surface area contributed by atoms with E-state index >= 15 is 0 Å². The van der Waals surface area contributed by atoms with Gasteiger partial charge in [-0.25, -0.2) is 0 Å². The third kappa shape index (κ3) is 2.89. The number of nitrogens with zero attached hydrogens (tertiary/aromatic N) is 1. The second kappa shape index (κ2) is 3.81. The van der Waals surface area contributed by atoms with Crippen LogP contribution >= 0.6 is 0 Å². The van der Waals surface area contributed by atoms with E-state index < -0.39 is 0 Å². The van der Waals surface area contributed by atoms with Gasteiger partial charge in [-0.2, -0.15) is 0 Å². The fourth-order valence-electron chi connectivity index (χ4n) is 0.942. The Morgan fingerprint density at radius 3 is 2.82 bits per heavy atom. The molecular weight excluding hydrogens is 134 g/mol. The molecule has 0 radical (unpaired) electrons. The average Bonchev–Trinajstić information content (AvgIpc) is 2.02. The number of rotatable bonds is 0. The molecule has 1 aliphatic rings. The van der Waals surface area contributed by atoms with Gasteiger partial charge < -0.3 is 4.90 Å². The Hall–Kier alpha value is -1.24. The van der Waals surface area contributed by atoms with Crippen molar-refractivity contribution in [3.8, 4) is 0 Å². The molecule has 0 aromatic rings. The molecule has 0 spiro atoms. The lowest BCUT2D eigenvalue weighted by atomic mass is 10.2. The van der Waals surface area contributed by atoms with Crippen LogP contribution in [0.5, 0.6) is 0 Å². The Morgan fingerprint density at radius 1 is 1.27 bits per heavy atom. The molecule has 0 amide bonds. The molecule has 1 aliphatic heterocycles. The van der Waals surface area contributed by atoms with E-state index in [1.807, 2.05) is 43.6 Å². The summed E-state index contributed by atoms with van der Waals surface area (Å²) in [5.74, 6) is 0. The Labute approximate surface area is 68.0 Å². The van der Waals surface area contributed by atoms with Crippen LogP contribution in [0.4, 0.5) is 0 Å². The van der Waals surface area contributed by atoms with Crippen molar-refractivity contribution >= 4 is 0 Å². The largest absolute Gasteiger partial charge is 0.376 e. The molecule has 0 fully saturated rings. The summed E-state index contributed by atoms with van der Waals surface area (Å²) in [6.07, 6.45) is 12.1. The molecule has 0 unspecified atom stereocenters. The van der Waals surface area contributed by atoms with Crippen LogP contribution in [0.15, 0.2) is 48.7 Å². The van der Waals surface area contributed by atoms with Crippen LogP contribution in [0.3, 0.4) is 0 Å². The molecule has 1 nitrogen and oxygen atoms in total. The summed E-state index contributed by atoms with van der Waals surface area (Å²) in [4.78, 5) is 2.10. The van der Waals surface area contributed by atoms with Crippen LogP contribution in [0, 0.1) is 0 Å².